The largest absolute Gasteiger partial charge is 0.316 e. The Kier molecular flexibility index (Phi) is 8.04. The Morgan fingerprint density at radius 3 is 2.06 bits per heavy atom. The first-order chi connectivity index (χ1) is 17.3. The molecule has 2 heterocycles. The Morgan fingerprint density at radius 1 is 0.771 bits per heavy atom. The maximum Gasteiger partial charge on any atom is 0.162 e. The zero-order valence-corrected chi connectivity index (χ0v) is 20.7. The summed E-state index contributed by atoms with van der Waals surface area (Å²) in [5.74, 6) is 0.289. The van der Waals surface area contributed by atoms with Crippen molar-refractivity contribution in [3.05, 3.63) is 107 Å². The fourth-order valence-corrected chi connectivity index (χ4v) is 5.58. The van der Waals surface area contributed by atoms with Gasteiger partial charge in [-0.2, -0.15) is 0 Å². The van der Waals surface area contributed by atoms with Crippen LogP contribution in [-0.4, -0.2) is 61.4 Å². The van der Waals surface area contributed by atoms with Crippen LogP contribution in [0.2, 0.25) is 0 Å². The normalized spacial score (nSPS) is 17.2. The molecule has 0 saturated carbocycles. The van der Waals surface area contributed by atoms with Gasteiger partial charge in [0.25, 0.3) is 0 Å². The second-order valence-corrected chi connectivity index (χ2v) is 9.86. The fraction of sp³-hybridized carbons (Fsp3) is 0.387. The number of rotatable bonds is 8. The van der Waals surface area contributed by atoms with E-state index in [9.17, 15) is 4.79 Å². The van der Waals surface area contributed by atoms with Gasteiger partial charge in [0.05, 0.1) is 6.04 Å². The van der Waals surface area contributed by atoms with E-state index in [-0.39, 0.29) is 5.78 Å². The van der Waals surface area contributed by atoms with Crippen molar-refractivity contribution in [3.63, 3.8) is 0 Å². The van der Waals surface area contributed by atoms with Crippen molar-refractivity contribution in [2.45, 2.75) is 31.7 Å². The van der Waals surface area contributed by atoms with Crippen molar-refractivity contribution in [2.75, 3.05) is 45.8 Å². The molecular formula is C31H37N3O. The second kappa shape index (κ2) is 11.8. The number of piperazine rings is 1. The highest BCUT2D eigenvalue weighted by Crippen LogP contribution is 2.29. The van der Waals surface area contributed by atoms with Gasteiger partial charge in [-0.15, -0.1) is 0 Å². The molecule has 4 heteroatoms. The maximum atomic E-state index is 12.9. The van der Waals surface area contributed by atoms with Crippen LogP contribution in [0.3, 0.4) is 0 Å². The fourth-order valence-electron chi connectivity index (χ4n) is 5.58. The molecule has 0 radical (unpaired) electrons. The van der Waals surface area contributed by atoms with Crippen molar-refractivity contribution >= 4 is 5.78 Å². The van der Waals surface area contributed by atoms with Gasteiger partial charge in [0.15, 0.2) is 5.78 Å². The van der Waals surface area contributed by atoms with Gasteiger partial charge in [-0.05, 0) is 67.2 Å². The Balaban J connectivity index is 1.13. The first-order valence-corrected chi connectivity index (χ1v) is 13.2. The molecule has 35 heavy (non-hydrogen) atoms. The lowest BCUT2D eigenvalue weighted by atomic mass is 9.96. The third-order valence-corrected chi connectivity index (χ3v) is 7.55. The van der Waals surface area contributed by atoms with E-state index in [4.69, 9.17) is 0 Å². The molecule has 0 aliphatic carbocycles. The molecular weight excluding hydrogens is 430 g/mol. The number of ketones is 1. The third kappa shape index (κ3) is 6.07. The van der Waals surface area contributed by atoms with Crippen LogP contribution in [0, 0.1) is 0 Å². The number of hydrogen-bond donors (Lipinski definition) is 1. The first kappa shape index (κ1) is 23.9. The SMILES string of the molecule is O=C(CCCN1CCN(C(c2ccccc2)c2ccccc2)CC1)c1ccc2c(c1)CCNCC2. The molecule has 1 saturated heterocycles. The molecule has 182 valence electrons. The number of benzene rings is 3. The highest BCUT2D eigenvalue weighted by molar-refractivity contribution is 5.96. The highest BCUT2D eigenvalue weighted by Gasteiger charge is 2.26. The van der Waals surface area contributed by atoms with Crippen LogP contribution >= 0.6 is 0 Å². The zero-order valence-electron chi connectivity index (χ0n) is 20.7. The van der Waals surface area contributed by atoms with Crippen LogP contribution in [0.25, 0.3) is 0 Å². The van der Waals surface area contributed by atoms with E-state index in [1.165, 1.54) is 22.3 Å². The van der Waals surface area contributed by atoms with Crippen LogP contribution in [0.5, 0.6) is 0 Å². The van der Waals surface area contributed by atoms with Gasteiger partial charge in [0.1, 0.15) is 0 Å². The zero-order chi connectivity index (χ0) is 23.9. The number of nitrogens with one attached hydrogen (secondary N) is 1. The summed E-state index contributed by atoms with van der Waals surface area (Å²) < 4.78 is 0. The predicted octanol–water partition coefficient (Wildman–Crippen LogP) is 4.74. The molecule has 5 rings (SSSR count). The van der Waals surface area contributed by atoms with Gasteiger partial charge in [-0.25, -0.2) is 0 Å². The summed E-state index contributed by atoms with van der Waals surface area (Å²) in [5.41, 5.74) is 6.35. The summed E-state index contributed by atoms with van der Waals surface area (Å²) in [5, 5.41) is 3.45. The molecule has 0 atom stereocenters. The molecule has 1 N–H and O–H groups in total. The van der Waals surface area contributed by atoms with Gasteiger partial charge < -0.3 is 10.2 Å². The number of carbonyl (C=O) groups excluding carboxylic acids is 1. The summed E-state index contributed by atoms with van der Waals surface area (Å²) in [4.78, 5) is 18.0. The maximum absolute atomic E-state index is 12.9. The van der Waals surface area contributed by atoms with Crippen LogP contribution in [0.4, 0.5) is 0 Å². The summed E-state index contributed by atoms with van der Waals surface area (Å²) in [6.45, 7) is 7.22. The van der Waals surface area contributed by atoms with Gasteiger partial charge in [-0.1, -0.05) is 72.8 Å². The number of nitrogens with zero attached hydrogens (tertiary/aromatic N) is 2. The Hall–Kier alpha value is -2.79. The second-order valence-electron chi connectivity index (χ2n) is 9.86. The number of Topliss-reactive ketones (excluding diaryl/α,β-unsaturated/α-hetero) is 1. The van der Waals surface area contributed by atoms with E-state index in [1.807, 2.05) is 6.07 Å². The van der Waals surface area contributed by atoms with Crippen LogP contribution in [-0.2, 0) is 12.8 Å². The molecule has 2 aliphatic rings. The molecule has 0 spiro atoms. The highest BCUT2D eigenvalue weighted by atomic mass is 16.1. The third-order valence-electron chi connectivity index (χ3n) is 7.55. The molecule has 3 aromatic carbocycles. The Bertz CT molecular complexity index is 1050. The van der Waals surface area contributed by atoms with E-state index in [1.54, 1.807) is 0 Å². The summed E-state index contributed by atoms with van der Waals surface area (Å²) in [7, 11) is 0. The topological polar surface area (TPSA) is 35.6 Å². The summed E-state index contributed by atoms with van der Waals surface area (Å²) in [6.07, 6.45) is 3.64. The molecule has 1 fully saturated rings. The summed E-state index contributed by atoms with van der Waals surface area (Å²) >= 11 is 0. The molecule has 0 aromatic heterocycles. The minimum atomic E-state index is 0.289. The van der Waals surface area contributed by atoms with Gasteiger partial charge in [0, 0.05) is 38.2 Å². The van der Waals surface area contributed by atoms with Gasteiger partial charge in [0.2, 0.25) is 0 Å². The standard InChI is InChI=1S/C31H37N3O/c35-30(29-14-13-25-15-17-32-18-16-28(25)24-29)12-7-19-33-20-22-34(23-21-33)31(26-8-3-1-4-9-26)27-10-5-2-6-11-27/h1-6,8-11,13-14,24,31-32H,7,12,15-23H2. The monoisotopic (exact) mass is 467 g/mol. The lowest BCUT2D eigenvalue weighted by Crippen LogP contribution is -2.48. The van der Waals surface area contributed by atoms with Crippen LogP contribution in [0.1, 0.15) is 51.5 Å². The quantitative estimate of drug-likeness (QED) is 0.485. The number of fused-ring (bicyclic) bond motifs is 1. The van der Waals surface area contributed by atoms with Gasteiger partial charge >= 0.3 is 0 Å². The first-order valence-electron chi connectivity index (χ1n) is 13.2. The van der Waals surface area contributed by atoms with Crippen LogP contribution in [0.15, 0.2) is 78.9 Å². The van der Waals surface area contributed by atoms with E-state index in [2.05, 4.69) is 87.9 Å². The molecule has 2 aliphatic heterocycles. The minimum Gasteiger partial charge on any atom is -0.316 e. The van der Waals surface area contributed by atoms with E-state index < -0.39 is 0 Å². The number of hydrogen-bond acceptors (Lipinski definition) is 4. The van der Waals surface area contributed by atoms with E-state index >= 15 is 0 Å². The Labute approximate surface area is 210 Å². The van der Waals surface area contributed by atoms with Crippen LogP contribution < -0.4 is 5.32 Å². The van der Waals surface area contributed by atoms with Crippen molar-refractivity contribution in [3.8, 4) is 0 Å². The molecule has 3 aromatic rings. The minimum absolute atomic E-state index is 0.289. The predicted molar refractivity (Wildman–Crippen MR) is 143 cm³/mol. The lowest BCUT2D eigenvalue weighted by molar-refractivity contribution is 0.0942. The van der Waals surface area contributed by atoms with Crippen molar-refractivity contribution in [1.29, 1.82) is 0 Å². The molecule has 0 bridgehead atoms. The molecule has 0 amide bonds. The van der Waals surface area contributed by atoms with Crippen molar-refractivity contribution in [1.82, 2.24) is 15.1 Å². The lowest BCUT2D eigenvalue weighted by Gasteiger charge is -2.39. The van der Waals surface area contributed by atoms with E-state index in [0.29, 0.717) is 12.5 Å². The van der Waals surface area contributed by atoms with Crippen molar-refractivity contribution < 1.29 is 4.79 Å². The molecule has 0 unspecified atom stereocenters. The smallest absolute Gasteiger partial charge is 0.162 e. The molecule has 4 nitrogen and oxygen atoms in total. The Morgan fingerprint density at radius 2 is 1.40 bits per heavy atom. The average Bonchev–Trinajstić information content (AvgIpc) is 3.16. The van der Waals surface area contributed by atoms with Crippen molar-refractivity contribution in [2.24, 2.45) is 0 Å². The average molecular weight is 468 g/mol. The summed E-state index contributed by atoms with van der Waals surface area (Å²) in [6, 6.07) is 28.4. The van der Waals surface area contributed by atoms with Gasteiger partial charge in [-0.3, -0.25) is 9.69 Å². The van der Waals surface area contributed by atoms with E-state index in [0.717, 1.165) is 70.6 Å². The number of carbonyl (C=O) groups is 1.